The van der Waals surface area contributed by atoms with Crippen molar-refractivity contribution in [1.29, 1.82) is 0 Å². The summed E-state index contributed by atoms with van der Waals surface area (Å²) in [5.41, 5.74) is 0. The Bertz CT molecular complexity index is 615. The van der Waals surface area contributed by atoms with Gasteiger partial charge >= 0.3 is 6.18 Å². The molecule has 1 heterocycles. The number of aliphatic imine (C=N–C) groups is 1. The molecule has 29 heavy (non-hydrogen) atoms. The number of para-hydroxylation sites is 1. The molecule has 166 valence electrons. The van der Waals surface area contributed by atoms with Crippen molar-refractivity contribution in [3.05, 3.63) is 30.3 Å². The average molecular weight is 528 g/mol. The predicted octanol–water partition coefficient (Wildman–Crippen LogP) is 3.85. The molecular formula is C20H32F3IN4O. The first kappa shape index (κ1) is 25.8. The fraction of sp³-hybridized carbons (Fsp3) is 0.650. The molecule has 1 aromatic rings. The molecule has 1 aliphatic heterocycles. The molecule has 1 fully saturated rings. The molecule has 2 unspecified atom stereocenters. The van der Waals surface area contributed by atoms with Gasteiger partial charge in [-0.3, -0.25) is 9.89 Å². The number of benzene rings is 1. The Kier molecular flexibility index (Phi) is 11.1. The number of guanidine groups is 1. The van der Waals surface area contributed by atoms with E-state index in [1.54, 1.807) is 14.0 Å². The lowest BCUT2D eigenvalue weighted by Crippen LogP contribution is -2.44. The van der Waals surface area contributed by atoms with Gasteiger partial charge in [0.25, 0.3) is 0 Å². The zero-order valence-corrected chi connectivity index (χ0v) is 19.6. The van der Waals surface area contributed by atoms with Crippen molar-refractivity contribution >= 4 is 29.9 Å². The van der Waals surface area contributed by atoms with Crippen molar-refractivity contribution in [2.45, 2.75) is 32.5 Å². The summed E-state index contributed by atoms with van der Waals surface area (Å²) in [6.45, 7) is 5.86. The second-order valence-corrected chi connectivity index (χ2v) is 7.21. The third-order valence-electron chi connectivity index (χ3n) is 4.79. The van der Waals surface area contributed by atoms with E-state index >= 15 is 0 Å². The highest BCUT2D eigenvalue weighted by atomic mass is 127. The molecule has 9 heteroatoms. The van der Waals surface area contributed by atoms with Gasteiger partial charge in [-0.25, -0.2) is 0 Å². The molecule has 5 nitrogen and oxygen atoms in total. The lowest BCUT2D eigenvalue weighted by atomic mass is 10.1. The Morgan fingerprint density at radius 2 is 2.03 bits per heavy atom. The molecule has 1 aliphatic rings. The Morgan fingerprint density at radius 3 is 2.62 bits per heavy atom. The van der Waals surface area contributed by atoms with Crippen LogP contribution in [0.5, 0.6) is 5.75 Å². The second kappa shape index (κ2) is 12.5. The minimum atomic E-state index is -4.15. The first-order chi connectivity index (χ1) is 13.3. The molecule has 0 radical (unpaired) electrons. The molecule has 1 aromatic carbocycles. The van der Waals surface area contributed by atoms with Crippen LogP contribution in [0.15, 0.2) is 35.3 Å². The Morgan fingerprint density at radius 1 is 1.34 bits per heavy atom. The van der Waals surface area contributed by atoms with Crippen LogP contribution in [0.3, 0.4) is 0 Å². The van der Waals surface area contributed by atoms with Crippen LogP contribution in [0.2, 0.25) is 0 Å². The molecule has 2 rings (SSSR count). The zero-order chi connectivity index (χ0) is 20.6. The van der Waals surface area contributed by atoms with Crippen LogP contribution >= 0.6 is 24.0 Å². The monoisotopic (exact) mass is 528 g/mol. The Balaban J connectivity index is 0.00000420. The van der Waals surface area contributed by atoms with E-state index in [9.17, 15) is 13.2 Å². The van der Waals surface area contributed by atoms with Crippen molar-refractivity contribution in [2.75, 3.05) is 46.3 Å². The number of likely N-dealkylation sites (tertiary alicyclic amines) is 1. The second-order valence-electron chi connectivity index (χ2n) is 7.21. The van der Waals surface area contributed by atoms with E-state index < -0.39 is 12.7 Å². The summed E-state index contributed by atoms with van der Waals surface area (Å²) in [7, 11) is 1.72. The fourth-order valence-corrected chi connectivity index (χ4v) is 3.44. The van der Waals surface area contributed by atoms with Crippen LogP contribution < -0.4 is 10.1 Å². The van der Waals surface area contributed by atoms with Crippen molar-refractivity contribution in [3.63, 3.8) is 0 Å². The van der Waals surface area contributed by atoms with Gasteiger partial charge in [0.1, 0.15) is 11.9 Å². The third kappa shape index (κ3) is 9.41. The van der Waals surface area contributed by atoms with Crippen LogP contribution in [0.1, 0.15) is 20.3 Å². The zero-order valence-electron chi connectivity index (χ0n) is 17.3. The van der Waals surface area contributed by atoms with E-state index in [1.807, 2.05) is 37.3 Å². The highest BCUT2D eigenvalue weighted by molar-refractivity contribution is 14.0. The van der Waals surface area contributed by atoms with Crippen molar-refractivity contribution < 1.29 is 17.9 Å². The summed E-state index contributed by atoms with van der Waals surface area (Å²) in [5, 5.41) is 3.31. The highest BCUT2D eigenvalue weighted by Gasteiger charge is 2.33. The number of hydrogen-bond acceptors (Lipinski definition) is 3. The lowest BCUT2D eigenvalue weighted by Gasteiger charge is -2.26. The molecule has 0 aromatic heterocycles. The topological polar surface area (TPSA) is 40.1 Å². The van der Waals surface area contributed by atoms with Crippen molar-refractivity contribution in [1.82, 2.24) is 15.1 Å². The Hall–Kier alpha value is -1.23. The molecule has 0 spiro atoms. The van der Waals surface area contributed by atoms with Gasteiger partial charge in [-0.2, -0.15) is 13.2 Å². The summed E-state index contributed by atoms with van der Waals surface area (Å²) in [5.74, 6) is 1.79. The number of rotatable bonds is 8. The standard InChI is InChI=1S/C20H31F3N4O.HI/c1-4-26(15-20(21,22)23)13-17-10-11-27(14-17)19(24-3)25-12-16(2)28-18-8-6-5-7-9-18;/h5-9,16-17H,4,10-15H2,1-3H3,(H,24,25);1H. The molecule has 1 saturated heterocycles. The van der Waals surface area contributed by atoms with Crippen molar-refractivity contribution in [2.24, 2.45) is 10.9 Å². The van der Waals surface area contributed by atoms with Crippen molar-refractivity contribution in [3.8, 4) is 5.75 Å². The highest BCUT2D eigenvalue weighted by Crippen LogP contribution is 2.21. The first-order valence-corrected chi connectivity index (χ1v) is 9.77. The molecule has 1 N–H and O–H groups in total. The summed E-state index contributed by atoms with van der Waals surface area (Å²) >= 11 is 0. The van der Waals surface area contributed by atoms with E-state index in [1.165, 1.54) is 4.90 Å². The van der Waals surface area contributed by atoms with E-state index in [0.29, 0.717) is 26.2 Å². The van der Waals surface area contributed by atoms with Crippen LogP contribution in [0.4, 0.5) is 13.2 Å². The van der Waals surface area contributed by atoms with Gasteiger partial charge in [0, 0.05) is 26.7 Å². The smallest absolute Gasteiger partial charge is 0.401 e. The maximum atomic E-state index is 12.7. The number of nitrogens with zero attached hydrogens (tertiary/aromatic N) is 3. The summed E-state index contributed by atoms with van der Waals surface area (Å²) in [4.78, 5) is 7.91. The van der Waals surface area contributed by atoms with E-state index in [-0.39, 0.29) is 36.0 Å². The normalized spacial score (nSPS) is 18.5. The number of hydrogen-bond donors (Lipinski definition) is 1. The number of ether oxygens (including phenoxy) is 1. The molecular weight excluding hydrogens is 496 g/mol. The maximum Gasteiger partial charge on any atom is 0.401 e. The van der Waals surface area contributed by atoms with Gasteiger partial charge in [-0.15, -0.1) is 24.0 Å². The van der Waals surface area contributed by atoms with Crippen LogP contribution in [-0.2, 0) is 0 Å². The molecule has 0 bridgehead atoms. The third-order valence-corrected chi connectivity index (χ3v) is 4.79. The average Bonchev–Trinajstić information content (AvgIpc) is 3.09. The number of halogens is 4. The van der Waals surface area contributed by atoms with Crippen LogP contribution in [0.25, 0.3) is 0 Å². The van der Waals surface area contributed by atoms with E-state index in [0.717, 1.165) is 24.7 Å². The molecule has 0 saturated carbocycles. The van der Waals surface area contributed by atoms with Gasteiger partial charge in [0.15, 0.2) is 5.96 Å². The maximum absolute atomic E-state index is 12.7. The van der Waals surface area contributed by atoms with Gasteiger partial charge in [-0.05, 0) is 37.9 Å². The predicted molar refractivity (Wildman–Crippen MR) is 121 cm³/mol. The van der Waals surface area contributed by atoms with Gasteiger partial charge in [-0.1, -0.05) is 25.1 Å². The number of nitrogens with one attached hydrogen (secondary N) is 1. The minimum Gasteiger partial charge on any atom is -0.489 e. The summed E-state index contributed by atoms with van der Waals surface area (Å²) < 4.78 is 43.9. The van der Waals surface area contributed by atoms with E-state index in [2.05, 4.69) is 15.2 Å². The SMILES string of the molecule is CCN(CC1CCN(C(=NC)NCC(C)Oc2ccccc2)C1)CC(F)(F)F.I. The van der Waals surface area contributed by atoms with Crippen LogP contribution in [-0.4, -0.2) is 74.4 Å². The fourth-order valence-electron chi connectivity index (χ4n) is 3.44. The molecule has 2 atom stereocenters. The summed E-state index contributed by atoms with van der Waals surface area (Å²) in [6.07, 6.45) is -3.33. The van der Waals surface area contributed by atoms with Gasteiger partial charge in [0.2, 0.25) is 0 Å². The number of alkyl halides is 3. The quantitative estimate of drug-likeness (QED) is 0.316. The first-order valence-electron chi connectivity index (χ1n) is 9.77. The lowest BCUT2D eigenvalue weighted by molar-refractivity contribution is -0.146. The minimum absolute atomic E-state index is 0. The van der Waals surface area contributed by atoms with E-state index in [4.69, 9.17) is 4.74 Å². The van der Waals surface area contributed by atoms with Gasteiger partial charge in [0.05, 0.1) is 13.1 Å². The Labute approximate surface area is 188 Å². The molecule has 0 aliphatic carbocycles. The summed E-state index contributed by atoms with van der Waals surface area (Å²) in [6, 6.07) is 9.62. The molecule has 0 amide bonds. The van der Waals surface area contributed by atoms with Crippen LogP contribution in [0, 0.1) is 5.92 Å². The van der Waals surface area contributed by atoms with Gasteiger partial charge < -0.3 is 15.0 Å². The largest absolute Gasteiger partial charge is 0.489 e.